The number of nitrogens with one attached hydrogen (secondary N) is 2. The van der Waals surface area contributed by atoms with Gasteiger partial charge in [-0.05, 0) is 28.9 Å². The Kier molecular flexibility index (Phi) is 4.69. The molecule has 0 aromatic heterocycles. The van der Waals surface area contributed by atoms with Crippen molar-refractivity contribution < 1.29 is 14.5 Å². The molecule has 1 amide bonds. The molecule has 1 aliphatic heterocycles. The highest BCUT2D eigenvalue weighted by molar-refractivity contribution is 9.10. The number of aryl methyl sites for hydroxylation is 1. The minimum Gasteiger partial charge on any atom is -0.366 e. The molecular weight excluding hydrogens is 330 g/mol. The standard InChI is InChI=1S/C12H14BrN3O4/c1-7-4-8(13)9(5-10(7)16(18)19)15-12(17)11-6-14-2-3-20-11/h4-5,11,14H,2-3,6H2,1H3,(H,15,17). The van der Waals surface area contributed by atoms with Crippen LogP contribution in [0.25, 0.3) is 0 Å². The van der Waals surface area contributed by atoms with Crippen LogP contribution in [0.4, 0.5) is 11.4 Å². The number of nitro groups is 1. The van der Waals surface area contributed by atoms with Gasteiger partial charge in [0.15, 0.2) is 0 Å². The number of ether oxygens (including phenoxy) is 1. The Morgan fingerprint density at radius 2 is 2.35 bits per heavy atom. The van der Waals surface area contributed by atoms with Gasteiger partial charge in [-0.3, -0.25) is 14.9 Å². The van der Waals surface area contributed by atoms with Gasteiger partial charge in [-0.15, -0.1) is 0 Å². The third-order valence-corrected chi connectivity index (χ3v) is 3.62. The fourth-order valence-electron chi connectivity index (χ4n) is 1.90. The molecule has 0 spiro atoms. The lowest BCUT2D eigenvalue weighted by atomic mass is 10.1. The van der Waals surface area contributed by atoms with Crippen molar-refractivity contribution in [3.8, 4) is 0 Å². The molecule has 108 valence electrons. The highest BCUT2D eigenvalue weighted by Gasteiger charge is 2.23. The smallest absolute Gasteiger partial charge is 0.274 e. The summed E-state index contributed by atoms with van der Waals surface area (Å²) >= 11 is 3.29. The zero-order valence-electron chi connectivity index (χ0n) is 10.8. The molecule has 1 aliphatic rings. The van der Waals surface area contributed by atoms with E-state index in [9.17, 15) is 14.9 Å². The maximum Gasteiger partial charge on any atom is 0.274 e. The number of benzene rings is 1. The molecule has 2 N–H and O–H groups in total. The summed E-state index contributed by atoms with van der Waals surface area (Å²) in [6.07, 6.45) is -0.587. The zero-order chi connectivity index (χ0) is 14.7. The predicted octanol–water partition coefficient (Wildman–Crippen LogP) is 1.59. The summed E-state index contributed by atoms with van der Waals surface area (Å²) in [5, 5.41) is 16.6. The van der Waals surface area contributed by atoms with Gasteiger partial charge in [0.25, 0.3) is 11.6 Å². The van der Waals surface area contributed by atoms with E-state index in [-0.39, 0.29) is 11.6 Å². The number of morpholine rings is 1. The van der Waals surface area contributed by atoms with Crippen LogP contribution in [0.1, 0.15) is 5.56 Å². The Hall–Kier alpha value is -1.51. The summed E-state index contributed by atoms with van der Waals surface area (Å²) in [4.78, 5) is 22.5. The molecule has 1 aromatic carbocycles. The number of hydrogen-bond acceptors (Lipinski definition) is 5. The van der Waals surface area contributed by atoms with Crippen LogP contribution in [0, 0.1) is 17.0 Å². The molecule has 0 aliphatic carbocycles. The highest BCUT2D eigenvalue weighted by Crippen LogP contribution is 2.30. The van der Waals surface area contributed by atoms with Gasteiger partial charge in [-0.1, -0.05) is 0 Å². The van der Waals surface area contributed by atoms with Crippen molar-refractivity contribution in [3.05, 3.63) is 32.3 Å². The fraction of sp³-hybridized carbons (Fsp3) is 0.417. The second-order valence-corrected chi connectivity index (χ2v) is 5.28. The lowest BCUT2D eigenvalue weighted by molar-refractivity contribution is -0.385. The molecule has 0 radical (unpaired) electrons. The lowest BCUT2D eigenvalue weighted by Crippen LogP contribution is -2.45. The largest absolute Gasteiger partial charge is 0.366 e. The molecule has 8 heteroatoms. The number of amides is 1. The first-order valence-corrected chi connectivity index (χ1v) is 6.86. The third kappa shape index (κ3) is 3.33. The number of halogens is 1. The van der Waals surface area contributed by atoms with Crippen LogP contribution in [0.3, 0.4) is 0 Å². The number of carbonyl (C=O) groups excluding carboxylic acids is 1. The van der Waals surface area contributed by atoms with Crippen molar-refractivity contribution in [1.29, 1.82) is 0 Å². The van der Waals surface area contributed by atoms with E-state index in [1.165, 1.54) is 6.07 Å². The van der Waals surface area contributed by atoms with E-state index in [0.717, 1.165) is 0 Å². The summed E-state index contributed by atoms with van der Waals surface area (Å²) in [6, 6.07) is 2.95. The maximum atomic E-state index is 12.0. The predicted molar refractivity (Wildman–Crippen MR) is 76.8 cm³/mol. The van der Waals surface area contributed by atoms with Crippen molar-refractivity contribution in [2.75, 3.05) is 25.0 Å². The first kappa shape index (κ1) is 14.9. The van der Waals surface area contributed by atoms with Crippen molar-refractivity contribution >= 4 is 33.2 Å². The monoisotopic (exact) mass is 343 g/mol. The Labute approximate surface area is 124 Å². The van der Waals surface area contributed by atoms with Crippen LogP contribution in [-0.4, -0.2) is 36.6 Å². The first-order valence-electron chi connectivity index (χ1n) is 6.06. The highest BCUT2D eigenvalue weighted by atomic mass is 79.9. The second kappa shape index (κ2) is 6.29. The summed E-state index contributed by atoms with van der Waals surface area (Å²) in [5.41, 5.74) is 0.850. The average molecular weight is 344 g/mol. The van der Waals surface area contributed by atoms with Crippen LogP contribution in [0.5, 0.6) is 0 Å². The van der Waals surface area contributed by atoms with Crippen LogP contribution in [-0.2, 0) is 9.53 Å². The van der Waals surface area contributed by atoms with Crippen molar-refractivity contribution in [2.45, 2.75) is 13.0 Å². The molecule has 20 heavy (non-hydrogen) atoms. The SMILES string of the molecule is Cc1cc(Br)c(NC(=O)C2CNCCO2)cc1[N+](=O)[O-]. The van der Waals surface area contributed by atoms with E-state index >= 15 is 0 Å². The van der Waals surface area contributed by atoms with Gasteiger partial charge in [-0.2, -0.15) is 0 Å². The molecule has 1 unspecified atom stereocenters. The molecule has 1 atom stereocenters. The van der Waals surface area contributed by atoms with Gasteiger partial charge >= 0.3 is 0 Å². The Bertz CT molecular complexity index is 544. The number of anilines is 1. The fourth-order valence-corrected chi connectivity index (χ4v) is 2.46. The van der Waals surface area contributed by atoms with E-state index in [1.807, 2.05) is 0 Å². The third-order valence-electron chi connectivity index (χ3n) is 2.96. The van der Waals surface area contributed by atoms with Crippen molar-refractivity contribution in [3.63, 3.8) is 0 Å². The van der Waals surface area contributed by atoms with E-state index in [4.69, 9.17) is 4.74 Å². The minimum atomic E-state index is -0.587. The minimum absolute atomic E-state index is 0.0359. The van der Waals surface area contributed by atoms with Gasteiger partial charge < -0.3 is 15.4 Å². The second-order valence-electron chi connectivity index (χ2n) is 4.43. The molecular formula is C12H14BrN3O4. The van der Waals surface area contributed by atoms with E-state index in [2.05, 4.69) is 26.6 Å². The van der Waals surface area contributed by atoms with E-state index in [0.29, 0.717) is 35.4 Å². The van der Waals surface area contributed by atoms with Crippen LogP contribution >= 0.6 is 15.9 Å². The molecule has 1 heterocycles. The number of nitro benzene ring substituents is 1. The molecule has 0 bridgehead atoms. The van der Waals surface area contributed by atoms with E-state index < -0.39 is 11.0 Å². The lowest BCUT2D eigenvalue weighted by Gasteiger charge is -2.23. The summed E-state index contributed by atoms with van der Waals surface area (Å²) in [7, 11) is 0. The van der Waals surface area contributed by atoms with Crippen LogP contribution < -0.4 is 10.6 Å². The van der Waals surface area contributed by atoms with Crippen LogP contribution in [0.2, 0.25) is 0 Å². The molecule has 0 saturated carbocycles. The average Bonchev–Trinajstić information content (AvgIpc) is 2.42. The van der Waals surface area contributed by atoms with Gasteiger partial charge in [0.05, 0.1) is 17.2 Å². The maximum absolute atomic E-state index is 12.0. The number of hydrogen-bond donors (Lipinski definition) is 2. The van der Waals surface area contributed by atoms with Gasteiger partial charge in [0.2, 0.25) is 0 Å². The molecule has 1 aromatic rings. The van der Waals surface area contributed by atoms with E-state index in [1.54, 1.807) is 13.0 Å². The molecule has 1 saturated heterocycles. The van der Waals surface area contributed by atoms with Crippen molar-refractivity contribution in [2.24, 2.45) is 0 Å². The van der Waals surface area contributed by atoms with Gasteiger partial charge in [0, 0.05) is 29.2 Å². The molecule has 7 nitrogen and oxygen atoms in total. The molecule has 2 rings (SSSR count). The zero-order valence-corrected chi connectivity index (χ0v) is 12.4. The van der Waals surface area contributed by atoms with Crippen molar-refractivity contribution in [1.82, 2.24) is 5.32 Å². The number of carbonyl (C=O) groups is 1. The molecule has 1 fully saturated rings. The van der Waals surface area contributed by atoms with Crippen LogP contribution in [0.15, 0.2) is 16.6 Å². The summed E-state index contributed by atoms with van der Waals surface area (Å²) in [5.74, 6) is -0.323. The van der Waals surface area contributed by atoms with Gasteiger partial charge in [0.1, 0.15) is 6.10 Å². The quantitative estimate of drug-likeness (QED) is 0.642. The number of rotatable bonds is 3. The summed E-state index contributed by atoms with van der Waals surface area (Å²) in [6.45, 7) is 3.25. The summed E-state index contributed by atoms with van der Waals surface area (Å²) < 4.78 is 5.92. The number of nitrogens with zero attached hydrogens (tertiary/aromatic N) is 1. The first-order chi connectivity index (χ1) is 9.49. The normalized spacial score (nSPS) is 18.6. The van der Waals surface area contributed by atoms with Gasteiger partial charge in [-0.25, -0.2) is 0 Å². The Morgan fingerprint density at radius 1 is 1.60 bits per heavy atom. The topological polar surface area (TPSA) is 93.5 Å². The Balaban J connectivity index is 2.18. The Morgan fingerprint density at radius 3 is 2.95 bits per heavy atom.